The SMILES string of the molecule is CNC(=O)[C@H](c1ccc(OCC2CCCO2)nc1C(N)=O)C(C)(C)C. The fourth-order valence-corrected chi connectivity index (χ4v) is 3.06. The number of pyridine rings is 1. The van der Waals surface area contributed by atoms with Gasteiger partial charge in [0.2, 0.25) is 11.8 Å². The molecule has 1 fully saturated rings. The Morgan fingerprint density at radius 1 is 1.44 bits per heavy atom. The van der Waals surface area contributed by atoms with E-state index in [4.69, 9.17) is 15.2 Å². The Morgan fingerprint density at radius 3 is 2.68 bits per heavy atom. The molecule has 1 aliphatic rings. The van der Waals surface area contributed by atoms with Crippen molar-refractivity contribution in [3.05, 3.63) is 23.4 Å². The average Bonchev–Trinajstić information content (AvgIpc) is 3.05. The van der Waals surface area contributed by atoms with Crippen molar-refractivity contribution in [3.63, 3.8) is 0 Å². The minimum Gasteiger partial charge on any atom is -0.475 e. The maximum Gasteiger partial charge on any atom is 0.267 e. The molecule has 1 aliphatic heterocycles. The van der Waals surface area contributed by atoms with Gasteiger partial charge in [-0.15, -0.1) is 0 Å². The van der Waals surface area contributed by atoms with Crippen LogP contribution in [0.15, 0.2) is 12.1 Å². The average molecular weight is 349 g/mol. The number of nitrogens with two attached hydrogens (primary N) is 1. The third-order valence-corrected chi connectivity index (χ3v) is 4.26. The zero-order valence-corrected chi connectivity index (χ0v) is 15.3. The fourth-order valence-electron chi connectivity index (χ4n) is 3.06. The summed E-state index contributed by atoms with van der Waals surface area (Å²) in [5.74, 6) is -1.13. The molecule has 1 unspecified atom stereocenters. The van der Waals surface area contributed by atoms with Crippen molar-refractivity contribution in [1.29, 1.82) is 0 Å². The zero-order chi connectivity index (χ0) is 18.6. The highest BCUT2D eigenvalue weighted by molar-refractivity contribution is 5.95. The van der Waals surface area contributed by atoms with Crippen LogP contribution >= 0.6 is 0 Å². The lowest BCUT2D eigenvalue weighted by atomic mass is 9.75. The number of ether oxygens (including phenoxy) is 2. The van der Waals surface area contributed by atoms with E-state index >= 15 is 0 Å². The fraction of sp³-hybridized carbons (Fsp3) is 0.611. The number of aromatic nitrogens is 1. The molecule has 2 amide bonds. The lowest BCUT2D eigenvalue weighted by molar-refractivity contribution is -0.124. The highest BCUT2D eigenvalue weighted by Gasteiger charge is 2.35. The van der Waals surface area contributed by atoms with Crippen LogP contribution in [0, 0.1) is 5.41 Å². The number of carbonyl (C=O) groups is 2. The standard InChI is InChI=1S/C18H27N3O4/c1-18(2,3)14(17(23)20-4)12-7-8-13(21-15(12)16(19)22)25-10-11-6-5-9-24-11/h7-8,11,14H,5-6,9-10H2,1-4H3,(H2,19,22)(H,20,23)/t11?,14-/m0/s1. The number of nitrogens with one attached hydrogen (secondary N) is 1. The maximum atomic E-state index is 12.4. The summed E-state index contributed by atoms with van der Waals surface area (Å²) in [4.78, 5) is 28.6. The zero-order valence-electron chi connectivity index (χ0n) is 15.3. The molecule has 25 heavy (non-hydrogen) atoms. The van der Waals surface area contributed by atoms with Gasteiger partial charge in [0.15, 0.2) is 0 Å². The Hall–Kier alpha value is -2.15. The van der Waals surface area contributed by atoms with E-state index < -0.39 is 17.2 Å². The van der Waals surface area contributed by atoms with Crippen molar-refractivity contribution in [2.75, 3.05) is 20.3 Å². The molecule has 0 bridgehead atoms. The number of hydrogen-bond donors (Lipinski definition) is 2. The normalized spacial score (nSPS) is 18.6. The minimum absolute atomic E-state index is 0.0479. The quantitative estimate of drug-likeness (QED) is 0.812. The monoisotopic (exact) mass is 349 g/mol. The van der Waals surface area contributed by atoms with Gasteiger partial charge in [0.1, 0.15) is 12.3 Å². The molecule has 0 aliphatic carbocycles. The Kier molecular flexibility index (Phi) is 6.00. The van der Waals surface area contributed by atoms with E-state index in [9.17, 15) is 9.59 Å². The van der Waals surface area contributed by atoms with Gasteiger partial charge in [-0.05, 0) is 23.8 Å². The first kappa shape index (κ1) is 19.2. The van der Waals surface area contributed by atoms with E-state index in [1.54, 1.807) is 19.2 Å². The topological polar surface area (TPSA) is 104 Å². The predicted molar refractivity (Wildman–Crippen MR) is 93.5 cm³/mol. The van der Waals surface area contributed by atoms with Crippen LogP contribution in [0.1, 0.15) is 55.6 Å². The van der Waals surface area contributed by atoms with Gasteiger partial charge in [0.25, 0.3) is 5.91 Å². The van der Waals surface area contributed by atoms with E-state index in [-0.39, 0.29) is 17.7 Å². The maximum absolute atomic E-state index is 12.4. The Bertz CT molecular complexity index is 634. The van der Waals surface area contributed by atoms with Gasteiger partial charge < -0.3 is 20.5 Å². The lowest BCUT2D eigenvalue weighted by Crippen LogP contribution is -2.36. The molecule has 2 rings (SSSR count). The number of nitrogens with zero attached hydrogens (tertiary/aromatic N) is 1. The molecule has 2 heterocycles. The highest BCUT2D eigenvalue weighted by Crippen LogP contribution is 2.37. The summed E-state index contributed by atoms with van der Waals surface area (Å²) in [5.41, 5.74) is 5.67. The van der Waals surface area contributed by atoms with Gasteiger partial charge in [-0.2, -0.15) is 0 Å². The molecule has 1 aromatic heterocycles. The van der Waals surface area contributed by atoms with Crippen molar-refractivity contribution in [1.82, 2.24) is 10.3 Å². The van der Waals surface area contributed by atoms with Crippen LogP contribution in [0.2, 0.25) is 0 Å². The molecule has 1 saturated heterocycles. The molecule has 0 saturated carbocycles. The summed E-state index contributed by atoms with van der Waals surface area (Å²) in [6, 6.07) is 3.36. The van der Waals surface area contributed by atoms with Crippen LogP contribution in [0.4, 0.5) is 0 Å². The Labute approximate surface area is 148 Å². The summed E-state index contributed by atoms with van der Waals surface area (Å²) in [5, 5.41) is 2.65. The third kappa shape index (κ3) is 4.69. The Balaban J connectivity index is 2.30. The summed E-state index contributed by atoms with van der Waals surface area (Å²) < 4.78 is 11.2. The van der Waals surface area contributed by atoms with Gasteiger partial charge >= 0.3 is 0 Å². The number of likely N-dealkylation sites (N-methyl/N-ethyl adjacent to an activating group) is 1. The first-order valence-electron chi connectivity index (χ1n) is 8.50. The van der Waals surface area contributed by atoms with E-state index in [0.717, 1.165) is 19.4 Å². The van der Waals surface area contributed by atoms with Crippen LogP contribution in [0.3, 0.4) is 0 Å². The van der Waals surface area contributed by atoms with Crippen molar-refractivity contribution in [2.45, 2.75) is 45.6 Å². The Morgan fingerprint density at radius 2 is 2.16 bits per heavy atom. The molecule has 2 atom stereocenters. The molecule has 7 heteroatoms. The van der Waals surface area contributed by atoms with Gasteiger partial charge in [0.05, 0.1) is 12.0 Å². The van der Waals surface area contributed by atoms with Crippen LogP contribution in [-0.4, -0.2) is 43.2 Å². The smallest absolute Gasteiger partial charge is 0.267 e. The number of amides is 2. The molecule has 0 radical (unpaired) electrons. The molecule has 1 aromatic rings. The van der Waals surface area contributed by atoms with E-state index in [0.29, 0.717) is 18.1 Å². The molecular weight excluding hydrogens is 322 g/mol. The molecule has 138 valence electrons. The highest BCUT2D eigenvalue weighted by atomic mass is 16.5. The summed E-state index contributed by atoms with van der Waals surface area (Å²) in [7, 11) is 1.57. The molecule has 0 aromatic carbocycles. The molecular formula is C18H27N3O4. The van der Waals surface area contributed by atoms with Crippen molar-refractivity contribution in [2.24, 2.45) is 11.1 Å². The lowest BCUT2D eigenvalue weighted by Gasteiger charge is -2.30. The molecule has 0 spiro atoms. The summed E-state index contributed by atoms with van der Waals surface area (Å²) in [6.07, 6.45) is 2.02. The predicted octanol–water partition coefficient (Wildman–Crippen LogP) is 1.61. The van der Waals surface area contributed by atoms with Crippen molar-refractivity contribution in [3.8, 4) is 5.88 Å². The van der Waals surface area contributed by atoms with Crippen LogP contribution < -0.4 is 15.8 Å². The third-order valence-electron chi connectivity index (χ3n) is 4.26. The van der Waals surface area contributed by atoms with Crippen LogP contribution in [0.25, 0.3) is 0 Å². The van der Waals surface area contributed by atoms with Gasteiger partial charge in [-0.25, -0.2) is 4.98 Å². The van der Waals surface area contributed by atoms with E-state index in [2.05, 4.69) is 10.3 Å². The second kappa shape index (κ2) is 7.82. The largest absolute Gasteiger partial charge is 0.475 e. The van der Waals surface area contributed by atoms with Gasteiger partial charge in [-0.3, -0.25) is 9.59 Å². The first-order valence-corrected chi connectivity index (χ1v) is 8.50. The van der Waals surface area contributed by atoms with Crippen LogP contribution in [0.5, 0.6) is 5.88 Å². The number of primary amides is 1. The van der Waals surface area contributed by atoms with Gasteiger partial charge in [0, 0.05) is 19.7 Å². The van der Waals surface area contributed by atoms with Crippen molar-refractivity contribution >= 4 is 11.8 Å². The summed E-state index contributed by atoms with van der Waals surface area (Å²) in [6.45, 7) is 6.91. The summed E-state index contributed by atoms with van der Waals surface area (Å²) >= 11 is 0. The first-order chi connectivity index (χ1) is 11.7. The second-order valence-corrected chi connectivity index (χ2v) is 7.31. The van der Waals surface area contributed by atoms with Gasteiger partial charge in [-0.1, -0.05) is 26.8 Å². The second-order valence-electron chi connectivity index (χ2n) is 7.31. The molecule has 3 N–H and O–H groups in total. The number of rotatable bonds is 6. The van der Waals surface area contributed by atoms with Crippen LogP contribution in [-0.2, 0) is 9.53 Å². The number of carbonyl (C=O) groups excluding carboxylic acids is 2. The minimum atomic E-state index is -0.685. The van der Waals surface area contributed by atoms with Crippen molar-refractivity contribution < 1.29 is 19.1 Å². The number of hydrogen-bond acceptors (Lipinski definition) is 5. The van der Waals surface area contributed by atoms with E-state index in [1.165, 1.54) is 0 Å². The van der Waals surface area contributed by atoms with E-state index in [1.807, 2.05) is 20.8 Å². The molecule has 7 nitrogen and oxygen atoms in total.